The zero-order valence-electron chi connectivity index (χ0n) is 10.8. The normalized spacial score (nSPS) is 12.3. The quantitative estimate of drug-likeness (QED) is 0.904. The van der Waals surface area contributed by atoms with Crippen molar-refractivity contribution in [3.8, 4) is 0 Å². The van der Waals surface area contributed by atoms with Crippen LogP contribution in [0.2, 0.25) is 0 Å². The highest BCUT2D eigenvalue weighted by atomic mass is 79.9. The number of rotatable bonds is 3. The molecule has 2 nitrogen and oxygen atoms in total. The lowest BCUT2D eigenvalue weighted by molar-refractivity contribution is 0.198. The van der Waals surface area contributed by atoms with Crippen molar-refractivity contribution < 1.29 is 9.50 Å². The van der Waals surface area contributed by atoms with Crippen molar-refractivity contribution in [2.24, 2.45) is 0 Å². The summed E-state index contributed by atoms with van der Waals surface area (Å²) in [5.41, 5.74) is 2.17. The summed E-state index contributed by atoms with van der Waals surface area (Å²) in [6, 6.07) is 12.2. The summed E-state index contributed by atoms with van der Waals surface area (Å²) in [6.07, 6.45) is -0.540. The van der Waals surface area contributed by atoms with Crippen LogP contribution in [0.5, 0.6) is 0 Å². The zero-order chi connectivity index (χ0) is 14.0. The van der Waals surface area contributed by atoms with Crippen LogP contribution in [0.1, 0.15) is 18.6 Å². The number of anilines is 2. The van der Waals surface area contributed by atoms with Gasteiger partial charge in [-0.3, -0.25) is 0 Å². The predicted molar refractivity (Wildman–Crippen MR) is 79.2 cm³/mol. The lowest BCUT2D eigenvalue weighted by Crippen LogP contribution is -2.11. The maximum absolute atomic E-state index is 13.7. The first-order valence-electron chi connectivity index (χ1n) is 5.96. The number of aliphatic hydroxyl groups is 1. The SMILES string of the molecule is C[C@H](O)c1ccc(N(C)c2ccccc2F)cc1Br. The third-order valence-electron chi connectivity index (χ3n) is 3.04. The van der Waals surface area contributed by atoms with Gasteiger partial charge in [-0.15, -0.1) is 0 Å². The standard InChI is InChI=1S/C15H15BrFNO/c1-10(19)12-8-7-11(9-13(12)16)18(2)15-6-4-3-5-14(15)17/h3-10,19H,1-2H3/t10-/m0/s1. The van der Waals surface area contributed by atoms with Crippen LogP contribution in [0.4, 0.5) is 15.8 Å². The van der Waals surface area contributed by atoms with E-state index in [1.807, 2.05) is 25.2 Å². The molecule has 0 saturated carbocycles. The highest BCUT2D eigenvalue weighted by molar-refractivity contribution is 9.10. The second kappa shape index (κ2) is 5.72. The number of nitrogens with zero attached hydrogens (tertiary/aromatic N) is 1. The molecule has 0 aliphatic rings. The Morgan fingerprint density at radius 2 is 1.89 bits per heavy atom. The van der Waals surface area contributed by atoms with Gasteiger partial charge in [0.1, 0.15) is 5.82 Å². The molecule has 2 rings (SSSR count). The first-order chi connectivity index (χ1) is 9.00. The van der Waals surface area contributed by atoms with Crippen LogP contribution in [0.25, 0.3) is 0 Å². The van der Waals surface area contributed by atoms with Crippen molar-refractivity contribution in [1.82, 2.24) is 0 Å². The van der Waals surface area contributed by atoms with Gasteiger partial charge in [0, 0.05) is 17.2 Å². The average molecular weight is 324 g/mol. The minimum atomic E-state index is -0.540. The number of halogens is 2. The van der Waals surface area contributed by atoms with Crippen LogP contribution in [0.15, 0.2) is 46.9 Å². The Morgan fingerprint density at radius 3 is 2.47 bits per heavy atom. The van der Waals surface area contributed by atoms with Gasteiger partial charge in [-0.25, -0.2) is 4.39 Å². The molecule has 2 aromatic rings. The third-order valence-corrected chi connectivity index (χ3v) is 3.72. The summed E-state index contributed by atoms with van der Waals surface area (Å²) < 4.78 is 14.5. The van der Waals surface area contributed by atoms with E-state index in [1.165, 1.54) is 6.07 Å². The highest BCUT2D eigenvalue weighted by Gasteiger charge is 2.12. The van der Waals surface area contributed by atoms with E-state index in [0.29, 0.717) is 5.69 Å². The monoisotopic (exact) mass is 323 g/mol. The second-order valence-electron chi connectivity index (χ2n) is 4.39. The smallest absolute Gasteiger partial charge is 0.146 e. The molecule has 0 radical (unpaired) electrons. The Kier molecular flexibility index (Phi) is 4.22. The van der Waals surface area contributed by atoms with Gasteiger partial charge in [0.15, 0.2) is 0 Å². The molecule has 0 unspecified atom stereocenters. The van der Waals surface area contributed by atoms with Crippen LogP contribution >= 0.6 is 15.9 Å². The zero-order valence-corrected chi connectivity index (χ0v) is 12.4. The second-order valence-corrected chi connectivity index (χ2v) is 5.25. The van der Waals surface area contributed by atoms with E-state index in [-0.39, 0.29) is 5.82 Å². The first kappa shape index (κ1) is 14.0. The lowest BCUT2D eigenvalue weighted by Gasteiger charge is -2.21. The van der Waals surface area contributed by atoms with Gasteiger partial charge in [0.25, 0.3) is 0 Å². The Balaban J connectivity index is 2.38. The van der Waals surface area contributed by atoms with Crippen molar-refractivity contribution in [1.29, 1.82) is 0 Å². The van der Waals surface area contributed by atoms with E-state index < -0.39 is 6.10 Å². The van der Waals surface area contributed by atoms with Gasteiger partial charge >= 0.3 is 0 Å². The van der Waals surface area contributed by atoms with Crippen molar-refractivity contribution in [2.45, 2.75) is 13.0 Å². The van der Waals surface area contributed by atoms with Crippen LogP contribution < -0.4 is 4.90 Å². The minimum Gasteiger partial charge on any atom is -0.389 e. The van der Waals surface area contributed by atoms with E-state index in [9.17, 15) is 9.50 Å². The Morgan fingerprint density at radius 1 is 1.21 bits per heavy atom. The summed E-state index contributed by atoms with van der Waals surface area (Å²) in [6.45, 7) is 1.71. The Bertz CT molecular complexity index is 586. The molecule has 0 aliphatic carbocycles. The molecule has 0 amide bonds. The highest BCUT2D eigenvalue weighted by Crippen LogP contribution is 2.31. The minimum absolute atomic E-state index is 0.263. The molecule has 0 bridgehead atoms. The molecule has 0 aliphatic heterocycles. The fraction of sp³-hybridized carbons (Fsp3) is 0.200. The molecule has 1 atom stereocenters. The van der Waals surface area contributed by atoms with E-state index in [0.717, 1.165) is 15.7 Å². The van der Waals surface area contributed by atoms with Crippen molar-refractivity contribution in [3.05, 3.63) is 58.3 Å². The van der Waals surface area contributed by atoms with Crippen LogP contribution in [0, 0.1) is 5.82 Å². The average Bonchev–Trinajstić information content (AvgIpc) is 2.38. The van der Waals surface area contributed by atoms with Gasteiger partial charge in [-0.05, 0) is 36.8 Å². The number of hydrogen-bond donors (Lipinski definition) is 1. The summed E-state index contributed by atoms with van der Waals surface area (Å²) in [5, 5.41) is 9.59. The maximum Gasteiger partial charge on any atom is 0.146 e. The fourth-order valence-electron chi connectivity index (χ4n) is 1.93. The third kappa shape index (κ3) is 2.96. The van der Waals surface area contributed by atoms with Gasteiger partial charge in [0.05, 0.1) is 11.8 Å². The number of para-hydroxylation sites is 1. The van der Waals surface area contributed by atoms with E-state index >= 15 is 0 Å². The van der Waals surface area contributed by atoms with Gasteiger partial charge < -0.3 is 10.0 Å². The topological polar surface area (TPSA) is 23.5 Å². The summed E-state index contributed by atoms with van der Waals surface area (Å²) in [4.78, 5) is 1.77. The number of aliphatic hydroxyl groups excluding tert-OH is 1. The lowest BCUT2D eigenvalue weighted by atomic mass is 10.1. The van der Waals surface area contributed by atoms with E-state index in [4.69, 9.17) is 0 Å². The Hall–Kier alpha value is -1.39. The number of benzene rings is 2. The summed E-state index contributed by atoms with van der Waals surface area (Å²) >= 11 is 3.43. The van der Waals surface area contributed by atoms with Crippen molar-refractivity contribution in [2.75, 3.05) is 11.9 Å². The van der Waals surface area contributed by atoms with Crippen LogP contribution in [-0.4, -0.2) is 12.2 Å². The van der Waals surface area contributed by atoms with Crippen LogP contribution in [-0.2, 0) is 0 Å². The maximum atomic E-state index is 13.7. The van der Waals surface area contributed by atoms with Crippen molar-refractivity contribution >= 4 is 27.3 Å². The molecule has 2 aromatic carbocycles. The molecule has 0 saturated heterocycles. The Labute approximate surface area is 120 Å². The molecule has 4 heteroatoms. The molecule has 0 heterocycles. The largest absolute Gasteiger partial charge is 0.389 e. The predicted octanol–water partition coefficient (Wildman–Crippen LogP) is 4.41. The molecular formula is C15H15BrFNO. The van der Waals surface area contributed by atoms with Gasteiger partial charge in [-0.2, -0.15) is 0 Å². The van der Waals surface area contributed by atoms with Crippen molar-refractivity contribution in [3.63, 3.8) is 0 Å². The molecule has 19 heavy (non-hydrogen) atoms. The summed E-state index contributed by atoms with van der Waals surface area (Å²) in [5.74, 6) is -0.263. The summed E-state index contributed by atoms with van der Waals surface area (Å²) in [7, 11) is 1.81. The molecule has 0 aromatic heterocycles. The number of hydrogen-bond acceptors (Lipinski definition) is 2. The van der Waals surface area contributed by atoms with E-state index in [2.05, 4.69) is 15.9 Å². The fourth-order valence-corrected chi connectivity index (χ4v) is 2.62. The van der Waals surface area contributed by atoms with Gasteiger partial charge in [0.2, 0.25) is 0 Å². The van der Waals surface area contributed by atoms with Crippen LogP contribution in [0.3, 0.4) is 0 Å². The first-order valence-corrected chi connectivity index (χ1v) is 6.75. The molecular weight excluding hydrogens is 309 g/mol. The molecule has 0 spiro atoms. The van der Waals surface area contributed by atoms with Gasteiger partial charge in [-0.1, -0.05) is 34.1 Å². The molecule has 1 N–H and O–H groups in total. The molecule has 100 valence electrons. The van der Waals surface area contributed by atoms with E-state index in [1.54, 1.807) is 30.0 Å². The molecule has 0 fully saturated rings.